The lowest BCUT2D eigenvalue weighted by Crippen LogP contribution is -2.57. The van der Waals surface area contributed by atoms with E-state index in [4.69, 9.17) is 10.5 Å². The van der Waals surface area contributed by atoms with Crippen LogP contribution in [0.15, 0.2) is 0 Å². The van der Waals surface area contributed by atoms with Gasteiger partial charge in [-0.3, -0.25) is 4.79 Å². The van der Waals surface area contributed by atoms with Gasteiger partial charge in [0.2, 0.25) is 0 Å². The van der Waals surface area contributed by atoms with Crippen molar-refractivity contribution >= 4 is 5.91 Å². The summed E-state index contributed by atoms with van der Waals surface area (Å²) in [5, 5.41) is 3.04. The van der Waals surface area contributed by atoms with E-state index in [9.17, 15) is 4.79 Å². The Bertz CT molecular complexity index is 233. The van der Waals surface area contributed by atoms with Crippen LogP contribution < -0.4 is 11.1 Å². The Morgan fingerprint density at radius 3 is 2.40 bits per heavy atom. The van der Waals surface area contributed by atoms with Crippen LogP contribution in [0.1, 0.15) is 39.5 Å². The molecule has 15 heavy (non-hydrogen) atoms. The number of ether oxygens (including phenoxy) is 1. The highest BCUT2D eigenvalue weighted by Gasteiger charge is 2.38. The topological polar surface area (TPSA) is 64.3 Å². The molecule has 0 unspecified atom stereocenters. The molecular formula is C11H22N2O2. The van der Waals surface area contributed by atoms with Crippen molar-refractivity contribution in [3.8, 4) is 0 Å². The summed E-state index contributed by atoms with van der Waals surface area (Å²) in [6.07, 6.45) is 4.25. The molecule has 0 heterocycles. The van der Waals surface area contributed by atoms with Gasteiger partial charge >= 0.3 is 0 Å². The lowest BCUT2D eigenvalue weighted by atomic mass is 9.96. The number of rotatable bonds is 4. The molecule has 1 fully saturated rings. The first kappa shape index (κ1) is 12.5. The third kappa shape index (κ3) is 2.69. The van der Waals surface area contributed by atoms with Crippen LogP contribution in [-0.2, 0) is 9.53 Å². The largest absolute Gasteiger partial charge is 0.369 e. The second-order valence-electron chi connectivity index (χ2n) is 4.86. The second-order valence-corrected chi connectivity index (χ2v) is 4.86. The molecule has 88 valence electrons. The molecule has 4 heteroatoms. The molecule has 1 aliphatic carbocycles. The monoisotopic (exact) mass is 214 g/mol. The average molecular weight is 214 g/mol. The van der Waals surface area contributed by atoms with Gasteiger partial charge in [-0.15, -0.1) is 0 Å². The molecule has 0 aromatic rings. The Hall–Kier alpha value is -0.610. The van der Waals surface area contributed by atoms with Crippen LogP contribution in [0.3, 0.4) is 0 Å². The van der Waals surface area contributed by atoms with E-state index in [2.05, 4.69) is 5.32 Å². The molecule has 1 saturated carbocycles. The fourth-order valence-corrected chi connectivity index (χ4v) is 1.92. The first-order valence-corrected chi connectivity index (χ1v) is 5.54. The van der Waals surface area contributed by atoms with Gasteiger partial charge in [0.1, 0.15) is 5.60 Å². The van der Waals surface area contributed by atoms with Gasteiger partial charge in [0, 0.05) is 13.7 Å². The van der Waals surface area contributed by atoms with Gasteiger partial charge < -0.3 is 15.8 Å². The zero-order valence-corrected chi connectivity index (χ0v) is 9.93. The maximum atomic E-state index is 11.9. The predicted molar refractivity (Wildman–Crippen MR) is 59.5 cm³/mol. The molecular weight excluding hydrogens is 192 g/mol. The third-order valence-corrected chi connectivity index (χ3v) is 3.39. The molecule has 1 aliphatic rings. The summed E-state index contributed by atoms with van der Waals surface area (Å²) in [4.78, 5) is 11.9. The van der Waals surface area contributed by atoms with Gasteiger partial charge in [-0.25, -0.2) is 0 Å². The van der Waals surface area contributed by atoms with Crippen molar-refractivity contribution in [3.63, 3.8) is 0 Å². The molecule has 4 nitrogen and oxygen atoms in total. The molecule has 1 amide bonds. The molecule has 0 aliphatic heterocycles. The number of carbonyl (C=O) groups excluding carboxylic acids is 1. The number of hydrogen-bond donors (Lipinski definition) is 2. The van der Waals surface area contributed by atoms with Gasteiger partial charge in [0.15, 0.2) is 0 Å². The van der Waals surface area contributed by atoms with Gasteiger partial charge in [0.25, 0.3) is 5.91 Å². The predicted octanol–water partition coefficient (Wildman–Crippen LogP) is 0.799. The second kappa shape index (κ2) is 4.49. The standard InChI is InChI=1S/C11H22N2O2/c1-10(2,15-3)9(14)13-11(8-12)6-4-5-7-11/h4-8,12H2,1-3H3,(H,13,14). The summed E-state index contributed by atoms with van der Waals surface area (Å²) in [6, 6.07) is 0. The van der Waals surface area contributed by atoms with Crippen molar-refractivity contribution in [1.82, 2.24) is 5.32 Å². The molecule has 0 atom stereocenters. The minimum absolute atomic E-state index is 0.0719. The highest BCUT2D eigenvalue weighted by molar-refractivity contribution is 5.85. The van der Waals surface area contributed by atoms with Crippen molar-refractivity contribution in [2.24, 2.45) is 5.73 Å². The van der Waals surface area contributed by atoms with Crippen molar-refractivity contribution in [1.29, 1.82) is 0 Å². The number of methoxy groups -OCH3 is 1. The quantitative estimate of drug-likeness (QED) is 0.727. The van der Waals surface area contributed by atoms with Gasteiger partial charge in [0.05, 0.1) is 5.54 Å². The highest BCUT2D eigenvalue weighted by Crippen LogP contribution is 2.29. The van der Waals surface area contributed by atoms with Crippen LogP contribution in [0.2, 0.25) is 0 Å². The van der Waals surface area contributed by atoms with E-state index in [-0.39, 0.29) is 11.4 Å². The van der Waals surface area contributed by atoms with E-state index in [1.165, 1.54) is 0 Å². The van der Waals surface area contributed by atoms with Crippen LogP contribution in [-0.4, -0.2) is 30.7 Å². The molecule has 0 saturated heterocycles. The summed E-state index contributed by atoms with van der Waals surface area (Å²) in [6.45, 7) is 4.04. The molecule has 0 aromatic carbocycles. The smallest absolute Gasteiger partial charge is 0.252 e. The number of nitrogens with two attached hydrogens (primary N) is 1. The van der Waals surface area contributed by atoms with E-state index in [0.29, 0.717) is 6.54 Å². The van der Waals surface area contributed by atoms with Gasteiger partial charge in [-0.2, -0.15) is 0 Å². The van der Waals surface area contributed by atoms with E-state index in [1.807, 2.05) is 0 Å². The summed E-state index contributed by atoms with van der Waals surface area (Å²) in [5.41, 5.74) is 4.79. The van der Waals surface area contributed by atoms with E-state index in [0.717, 1.165) is 25.7 Å². The number of amides is 1. The lowest BCUT2D eigenvalue weighted by molar-refractivity contribution is -0.141. The average Bonchev–Trinajstić information content (AvgIpc) is 2.67. The van der Waals surface area contributed by atoms with Gasteiger partial charge in [-0.1, -0.05) is 12.8 Å². The zero-order valence-electron chi connectivity index (χ0n) is 9.93. The van der Waals surface area contributed by atoms with E-state index >= 15 is 0 Å². The Morgan fingerprint density at radius 1 is 1.47 bits per heavy atom. The van der Waals surface area contributed by atoms with Crippen LogP contribution in [0, 0.1) is 0 Å². The summed E-state index contributed by atoms with van der Waals surface area (Å²) in [5.74, 6) is -0.0719. The van der Waals surface area contributed by atoms with Crippen molar-refractivity contribution < 1.29 is 9.53 Å². The highest BCUT2D eigenvalue weighted by atomic mass is 16.5. The zero-order chi connectivity index (χ0) is 11.5. The summed E-state index contributed by atoms with van der Waals surface area (Å²) in [7, 11) is 1.54. The van der Waals surface area contributed by atoms with E-state index < -0.39 is 5.60 Å². The molecule has 3 N–H and O–H groups in total. The maximum Gasteiger partial charge on any atom is 0.252 e. The van der Waals surface area contributed by atoms with Crippen LogP contribution >= 0.6 is 0 Å². The lowest BCUT2D eigenvalue weighted by Gasteiger charge is -2.33. The van der Waals surface area contributed by atoms with Crippen molar-refractivity contribution in [2.45, 2.75) is 50.7 Å². The van der Waals surface area contributed by atoms with E-state index in [1.54, 1.807) is 21.0 Å². The SMILES string of the molecule is COC(C)(C)C(=O)NC1(CN)CCCC1. The summed E-state index contributed by atoms with van der Waals surface area (Å²) >= 11 is 0. The molecule has 0 aromatic heterocycles. The fourth-order valence-electron chi connectivity index (χ4n) is 1.92. The fraction of sp³-hybridized carbons (Fsp3) is 0.909. The Morgan fingerprint density at radius 2 is 2.00 bits per heavy atom. The third-order valence-electron chi connectivity index (χ3n) is 3.39. The summed E-state index contributed by atoms with van der Waals surface area (Å²) < 4.78 is 5.15. The van der Waals surface area contributed by atoms with Crippen LogP contribution in [0.5, 0.6) is 0 Å². The minimum Gasteiger partial charge on any atom is -0.369 e. The van der Waals surface area contributed by atoms with Crippen LogP contribution in [0.4, 0.5) is 0 Å². The van der Waals surface area contributed by atoms with Crippen molar-refractivity contribution in [3.05, 3.63) is 0 Å². The number of hydrogen-bond acceptors (Lipinski definition) is 3. The Kier molecular flexibility index (Phi) is 3.73. The van der Waals surface area contributed by atoms with Crippen molar-refractivity contribution in [2.75, 3.05) is 13.7 Å². The Balaban J connectivity index is 2.63. The Labute approximate surface area is 91.5 Å². The molecule has 0 bridgehead atoms. The molecule has 0 spiro atoms. The number of carbonyl (C=O) groups is 1. The van der Waals surface area contributed by atoms with Crippen LogP contribution in [0.25, 0.3) is 0 Å². The molecule has 1 rings (SSSR count). The molecule has 0 radical (unpaired) electrons. The normalized spacial score (nSPS) is 20.3. The van der Waals surface area contributed by atoms with Gasteiger partial charge in [-0.05, 0) is 26.7 Å². The number of nitrogens with one attached hydrogen (secondary N) is 1. The first-order valence-electron chi connectivity index (χ1n) is 5.54. The minimum atomic E-state index is -0.773. The maximum absolute atomic E-state index is 11.9. The first-order chi connectivity index (χ1) is 6.96.